The molecule has 1 aliphatic rings. The summed E-state index contributed by atoms with van der Waals surface area (Å²) >= 11 is 2.94. The minimum Gasteiger partial charge on any atom is -0.365 e. The van der Waals surface area contributed by atoms with Gasteiger partial charge in [-0.3, -0.25) is 14.5 Å². The minimum absolute atomic E-state index is 0.123. The summed E-state index contributed by atoms with van der Waals surface area (Å²) in [6.07, 6.45) is 0.798. The van der Waals surface area contributed by atoms with Gasteiger partial charge in [0, 0.05) is 22.9 Å². The first kappa shape index (κ1) is 18.0. The van der Waals surface area contributed by atoms with Gasteiger partial charge < -0.3 is 11.1 Å². The number of fused-ring (bicyclic) bond motifs is 1. The zero-order chi connectivity index (χ0) is 17.8. The van der Waals surface area contributed by atoms with Gasteiger partial charge >= 0.3 is 0 Å². The molecule has 1 aliphatic heterocycles. The molecule has 0 atom stereocenters. The maximum Gasteiger partial charge on any atom is 0.251 e. The van der Waals surface area contributed by atoms with Crippen LogP contribution in [0.3, 0.4) is 0 Å². The van der Waals surface area contributed by atoms with E-state index in [9.17, 15) is 9.59 Å². The lowest BCUT2D eigenvalue weighted by atomic mass is 10.0. The van der Waals surface area contributed by atoms with Crippen LogP contribution >= 0.6 is 23.1 Å². The fraction of sp³-hybridized carbons (Fsp3) is 0.333. The number of benzene rings is 1. The van der Waals surface area contributed by atoms with Gasteiger partial charge in [-0.05, 0) is 30.7 Å². The molecule has 0 spiro atoms. The number of thioether (sulfide) groups is 1. The fourth-order valence-electron chi connectivity index (χ4n) is 2.90. The van der Waals surface area contributed by atoms with Gasteiger partial charge in [0.2, 0.25) is 5.91 Å². The van der Waals surface area contributed by atoms with Crippen LogP contribution < -0.4 is 11.1 Å². The van der Waals surface area contributed by atoms with E-state index in [1.54, 1.807) is 0 Å². The molecular formula is C18H21N3O2S2. The Morgan fingerprint density at radius 3 is 2.76 bits per heavy atom. The highest BCUT2D eigenvalue weighted by atomic mass is 32.2. The SMILES string of the molecule is CCN1CCc2c(sc(NC(=O)CSc3ccccc3)c2C(N)=O)C1. The molecule has 2 aromatic rings. The molecule has 132 valence electrons. The zero-order valence-electron chi connectivity index (χ0n) is 14.1. The Balaban J connectivity index is 1.72. The number of anilines is 1. The Morgan fingerprint density at radius 1 is 1.32 bits per heavy atom. The Kier molecular flexibility index (Phi) is 5.78. The standard InChI is InChI=1S/C18H21N3O2S2/c1-2-21-9-8-13-14(10-21)25-18(16(13)17(19)23)20-15(22)11-24-12-6-4-3-5-7-12/h3-7H,2,8-11H2,1H3,(H2,19,23)(H,20,22). The maximum atomic E-state index is 12.3. The molecule has 0 saturated carbocycles. The summed E-state index contributed by atoms with van der Waals surface area (Å²) in [5, 5.41) is 3.48. The number of amides is 2. The third-order valence-electron chi connectivity index (χ3n) is 4.20. The molecule has 25 heavy (non-hydrogen) atoms. The van der Waals surface area contributed by atoms with Crippen LogP contribution in [0.2, 0.25) is 0 Å². The molecule has 0 unspecified atom stereocenters. The summed E-state index contributed by atoms with van der Waals surface area (Å²) in [4.78, 5) is 28.7. The van der Waals surface area contributed by atoms with Crippen molar-refractivity contribution in [1.29, 1.82) is 0 Å². The van der Waals surface area contributed by atoms with Crippen LogP contribution in [0.15, 0.2) is 35.2 Å². The highest BCUT2D eigenvalue weighted by Gasteiger charge is 2.27. The molecule has 0 saturated heterocycles. The number of rotatable bonds is 6. The van der Waals surface area contributed by atoms with Crippen LogP contribution in [0.1, 0.15) is 27.7 Å². The normalized spacial score (nSPS) is 14.1. The first-order valence-electron chi connectivity index (χ1n) is 8.23. The smallest absolute Gasteiger partial charge is 0.251 e. The maximum absolute atomic E-state index is 12.3. The first-order chi connectivity index (χ1) is 12.1. The van der Waals surface area contributed by atoms with E-state index in [4.69, 9.17) is 5.73 Å². The van der Waals surface area contributed by atoms with Crippen molar-refractivity contribution in [3.8, 4) is 0 Å². The third-order valence-corrected chi connectivity index (χ3v) is 6.34. The first-order valence-corrected chi connectivity index (χ1v) is 10.0. The number of nitrogens with zero attached hydrogens (tertiary/aromatic N) is 1. The molecule has 3 N–H and O–H groups in total. The second-order valence-corrected chi connectivity index (χ2v) is 7.99. The summed E-state index contributed by atoms with van der Waals surface area (Å²) in [7, 11) is 0. The van der Waals surface area contributed by atoms with Gasteiger partial charge in [0.25, 0.3) is 5.91 Å². The summed E-state index contributed by atoms with van der Waals surface area (Å²) in [6.45, 7) is 4.82. The molecular weight excluding hydrogens is 354 g/mol. The second-order valence-electron chi connectivity index (χ2n) is 5.84. The molecule has 3 rings (SSSR count). The van der Waals surface area contributed by atoms with E-state index in [2.05, 4.69) is 17.1 Å². The highest BCUT2D eigenvalue weighted by molar-refractivity contribution is 8.00. The molecule has 0 radical (unpaired) electrons. The van der Waals surface area contributed by atoms with E-state index in [1.807, 2.05) is 30.3 Å². The van der Waals surface area contributed by atoms with Gasteiger partial charge in [0.1, 0.15) is 5.00 Å². The van der Waals surface area contributed by atoms with Crippen LogP contribution in [0.5, 0.6) is 0 Å². The molecule has 5 nitrogen and oxygen atoms in total. The average Bonchev–Trinajstić information content (AvgIpc) is 2.97. The number of primary amides is 1. The number of hydrogen-bond acceptors (Lipinski definition) is 5. The zero-order valence-corrected chi connectivity index (χ0v) is 15.7. The van der Waals surface area contributed by atoms with Gasteiger partial charge in [0.05, 0.1) is 11.3 Å². The van der Waals surface area contributed by atoms with Crippen LogP contribution in [0, 0.1) is 0 Å². The quantitative estimate of drug-likeness (QED) is 0.761. The molecule has 0 fully saturated rings. The van der Waals surface area contributed by atoms with Crippen LogP contribution in [0.25, 0.3) is 0 Å². The molecule has 2 amide bonds. The molecule has 1 aromatic heterocycles. The molecule has 2 heterocycles. The van der Waals surface area contributed by atoms with E-state index in [-0.39, 0.29) is 5.91 Å². The van der Waals surface area contributed by atoms with Gasteiger partial charge in [-0.15, -0.1) is 23.1 Å². The number of thiophene rings is 1. The molecule has 1 aromatic carbocycles. The fourth-order valence-corrected chi connectivity index (χ4v) is 4.93. The van der Waals surface area contributed by atoms with E-state index in [0.29, 0.717) is 16.3 Å². The lowest BCUT2D eigenvalue weighted by Gasteiger charge is -2.25. The van der Waals surface area contributed by atoms with Gasteiger partial charge in [-0.2, -0.15) is 0 Å². The lowest BCUT2D eigenvalue weighted by molar-refractivity contribution is -0.113. The predicted molar refractivity (Wildman–Crippen MR) is 103 cm³/mol. The van der Waals surface area contributed by atoms with Crippen molar-refractivity contribution in [2.45, 2.75) is 24.8 Å². The van der Waals surface area contributed by atoms with Crippen LogP contribution in [0.4, 0.5) is 5.00 Å². The number of nitrogens with two attached hydrogens (primary N) is 1. The van der Waals surface area contributed by atoms with Crippen molar-refractivity contribution < 1.29 is 9.59 Å². The van der Waals surface area contributed by atoms with Crippen LogP contribution in [-0.4, -0.2) is 35.6 Å². The number of carbonyl (C=O) groups excluding carboxylic acids is 2. The van der Waals surface area contributed by atoms with E-state index in [1.165, 1.54) is 23.1 Å². The second kappa shape index (κ2) is 8.03. The largest absolute Gasteiger partial charge is 0.365 e. The predicted octanol–water partition coefficient (Wildman–Crippen LogP) is 2.96. The molecule has 7 heteroatoms. The minimum atomic E-state index is -0.464. The van der Waals surface area contributed by atoms with Gasteiger partial charge in [-0.1, -0.05) is 25.1 Å². The average molecular weight is 376 g/mol. The van der Waals surface area contributed by atoms with Crippen molar-refractivity contribution in [1.82, 2.24) is 4.90 Å². The van der Waals surface area contributed by atoms with Crippen molar-refractivity contribution in [3.63, 3.8) is 0 Å². The molecule has 0 bridgehead atoms. The number of hydrogen-bond donors (Lipinski definition) is 2. The van der Waals surface area contributed by atoms with E-state index >= 15 is 0 Å². The summed E-state index contributed by atoms with van der Waals surface area (Å²) in [5.41, 5.74) is 7.09. The Morgan fingerprint density at radius 2 is 2.08 bits per heavy atom. The van der Waals surface area contributed by atoms with Crippen molar-refractivity contribution in [2.24, 2.45) is 5.73 Å². The van der Waals surface area contributed by atoms with Gasteiger partial charge in [0.15, 0.2) is 0 Å². The van der Waals surface area contributed by atoms with Gasteiger partial charge in [-0.25, -0.2) is 0 Å². The Labute approximate surface area is 155 Å². The third kappa shape index (κ3) is 4.23. The van der Waals surface area contributed by atoms with Crippen molar-refractivity contribution in [2.75, 3.05) is 24.2 Å². The number of likely N-dealkylation sites (N-methyl/N-ethyl adjacent to an activating group) is 1. The lowest BCUT2D eigenvalue weighted by Crippen LogP contribution is -2.30. The summed E-state index contributed by atoms with van der Waals surface area (Å²) in [6, 6.07) is 9.77. The molecule has 0 aliphatic carbocycles. The van der Waals surface area contributed by atoms with Crippen molar-refractivity contribution >= 4 is 39.9 Å². The Bertz CT molecular complexity index is 774. The summed E-state index contributed by atoms with van der Waals surface area (Å²) < 4.78 is 0. The Hall–Kier alpha value is -1.83. The van der Waals surface area contributed by atoms with E-state index in [0.717, 1.165) is 41.4 Å². The van der Waals surface area contributed by atoms with E-state index < -0.39 is 5.91 Å². The topological polar surface area (TPSA) is 75.4 Å². The van der Waals surface area contributed by atoms with Crippen LogP contribution in [-0.2, 0) is 17.8 Å². The number of nitrogens with one attached hydrogen (secondary N) is 1. The number of carbonyl (C=O) groups is 2. The van der Waals surface area contributed by atoms with Crippen molar-refractivity contribution in [3.05, 3.63) is 46.3 Å². The summed E-state index contributed by atoms with van der Waals surface area (Å²) in [5.74, 6) is -0.290. The monoisotopic (exact) mass is 375 g/mol. The highest BCUT2D eigenvalue weighted by Crippen LogP contribution is 2.37.